The molecule has 0 fully saturated rings. The fourth-order valence-corrected chi connectivity index (χ4v) is 2.67. The summed E-state index contributed by atoms with van der Waals surface area (Å²) in [5, 5.41) is 30.3. The van der Waals surface area contributed by atoms with Crippen molar-refractivity contribution in [2.45, 2.75) is 44.0 Å². The molecule has 8 heteroatoms. The van der Waals surface area contributed by atoms with Gasteiger partial charge in [0.25, 0.3) is 0 Å². The average Bonchev–Trinajstić information content (AvgIpc) is 2.34. The molecule has 0 aromatic carbocycles. The maximum atomic E-state index is 11.8. The van der Waals surface area contributed by atoms with Crippen LogP contribution in [-0.2, 0) is 19.2 Å². The van der Waals surface area contributed by atoms with E-state index in [0.717, 1.165) is 20.8 Å². The lowest BCUT2D eigenvalue weighted by molar-refractivity contribution is -0.222. The summed E-state index contributed by atoms with van der Waals surface area (Å²) in [4.78, 5) is 46.6. The summed E-state index contributed by atoms with van der Waals surface area (Å²) in [5.74, 6) is -3.42. The van der Waals surface area contributed by atoms with Crippen LogP contribution in [0.25, 0.3) is 0 Å². The van der Waals surface area contributed by atoms with Crippen LogP contribution in [-0.4, -0.2) is 54.7 Å². The third-order valence-corrected chi connectivity index (χ3v) is 4.10. The molecule has 116 valence electrons. The van der Waals surface area contributed by atoms with Gasteiger partial charge in [-0.3, -0.25) is 19.2 Å². The summed E-state index contributed by atoms with van der Waals surface area (Å²) in [6.07, 6.45) is -0.181. The Balaban J connectivity index is 3.84. The molecule has 0 saturated heterocycles. The number of carbonyl (C=O) groups excluding carboxylic acids is 4. The van der Waals surface area contributed by atoms with Crippen LogP contribution >= 0.6 is 11.6 Å². The average molecular weight is 319 g/mol. The first-order valence-electron chi connectivity index (χ1n) is 5.96. The highest BCUT2D eigenvalue weighted by atomic mass is 35.5. The van der Waals surface area contributed by atoms with E-state index >= 15 is 0 Å². The van der Waals surface area contributed by atoms with Gasteiger partial charge in [0.1, 0.15) is 0 Å². The Hall–Kier alpha value is -1.41. The van der Waals surface area contributed by atoms with Crippen molar-refractivity contribution in [3.8, 4) is 0 Å². The second kappa shape index (κ2) is 5.10. The highest BCUT2D eigenvalue weighted by Gasteiger charge is 2.70. The highest BCUT2D eigenvalue weighted by Crippen LogP contribution is 2.45. The number of hydrogen-bond acceptors (Lipinski definition) is 7. The quantitative estimate of drug-likeness (QED) is 0.569. The van der Waals surface area contributed by atoms with E-state index in [1.165, 1.54) is 0 Å². The number of halogens is 1. The monoisotopic (exact) mass is 318 g/mol. The normalized spacial score (nSPS) is 35.9. The van der Waals surface area contributed by atoms with Gasteiger partial charge in [0.2, 0.25) is 5.24 Å². The van der Waals surface area contributed by atoms with E-state index in [2.05, 4.69) is 0 Å². The van der Waals surface area contributed by atoms with E-state index in [0.29, 0.717) is 6.08 Å². The highest BCUT2D eigenvalue weighted by molar-refractivity contribution is 6.67. The maximum Gasteiger partial charge on any atom is 0.248 e. The molecule has 0 aromatic heterocycles. The number of hydrogen-bond donors (Lipinski definition) is 3. The van der Waals surface area contributed by atoms with E-state index in [-0.39, 0.29) is 0 Å². The zero-order valence-corrected chi connectivity index (χ0v) is 12.4. The van der Waals surface area contributed by atoms with Crippen molar-refractivity contribution in [2.24, 2.45) is 0 Å². The van der Waals surface area contributed by atoms with Gasteiger partial charge in [-0.15, -0.1) is 0 Å². The summed E-state index contributed by atoms with van der Waals surface area (Å²) < 4.78 is 0. The molecular weight excluding hydrogens is 304 g/mol. The van der Waals surface area contributed by atoms with Crippen LogP contribution in [0.2, 0.25) is 0 Å². The fraction of sp³-hybridized carbons (Fsp3) is 0.538. The Morgan fingerprint density at radius 3 is 1.76 bits per heavy atom. The third-order valence-electron chi connectivity index (χ3n) is 3.86. The van der Waals surface area contributed by atoms with Gasteiger partial charge in [-0.25, -0.2) is 0 Å². The summed E-state index contributed by atoms with van der Waals surface area (Å²) in [5.41, 5.74) is -9.36. The fourth-order valence-electron chi connectivity index (χ4n) is 2.55. The Bertz CT molecular complexity index is 581. The van der Waals surface area contributed by atoms with Crippen LogP contribution in [0.1, 0.15) is 27.2 Å². The van der Waals surface area contributed by atoms with Gasteiger partial charge < -0.3 is 15.3 Å². The van der Waals surface area contributed by atoms with Crippen molar-refractivity contribution >= 4 is 34.2 Å². The van der Waals surface area contributed by atoms with Crippen LogP contribution in [0.5, 0.6) is 0 Å². The second-order valence-corrected chi connectivity index (χ2v) is 5.47. The van der Waals surface area contributed by atoms with Gasteiger partial charge in [-0.2, -0.15) is 0 Å². The summed E-state index contributed by atoms with van der Waals surface area (Å²) in [6.45, 7) is 2.51. The molecule has 0 radical (unpaired) electrons. The number of Topliss-reactive ketones (excluding diaryl/α,β-unsaturated/α-hetero) is 3. The van der Waals surface area contributed by atoms with Crippen LogP contribution in [0.15, 0.2) is 11.6 Å². The molecule has 3 unspecified atom stereocenters. The first-order valence-corrected chi connectivity index (χ1v) is 6.34. The molecule has 0 heterocycles. The molecule has 3 atom stereocenters. The van der Waals surface area contributed by atoms with E-state index in [9.17, 15) is 34.5 Å². The lowest BCUT2D eigenvalue weighted by Gasteiger charge is -2.50. The summed E-state index contributed by atoms with van der Waals surface area (Å²) >= 11 is 5.27. The standard InChI is InChI=1S/C13H15ClO7/c1-6(15)11(19)4-9(10(14)18)5-12(20,7(2)16)13(11,21)8(3)17/h4,19-21H,5H2,1-3H3. The molecule has 1 aliphatic carbocycles. The minimum atomic E-state index is -3.12. The van der Waals surface area contributed by atoms with Crippen molar-refractivity contribution in [3.05, 3.63) is 11.6 Å². The molecule has 0 amide bonds. The van der Waals surface area contributed by atoms with E-state index < -0.39 is 51.4 Å². The predicted octanol–water partition coefficient (Wildman–Crippen LogP) is -0.958. The molecule has 1 aliphatic rings. The molecule has 0 aromatic rings. The molecule has 3 N–H and O–H groups in total. The summed E-state index contributed by atoms with van der Waals surface area (Å²) in [6, 6.07) is 0. The van der Waals surface area contributed by atoms with E-state index in [1.807, 2.05) is 0 Å². The molecule has 0 spiro atoms. The molecule has 0 bridgehead atoms. The Morgan fingerprint density at radius 1 is 1.00 bits per heavy atom. The lowest BCUT2D eigenvalue weighted by Crippen LogP contribution is -2.77. The van der Waals surface area contributed by atoms with Gasteiger partial charge in [0.15, 0.2) is 34.2 Å². The number of ketones is 3. The first-order chi connectivity index (χ1) is 9.34. The van der Waals surface area contributed by atoms with Crippen molar-refractivity contribution in [2.75, 3.05) is 0 Å². The Kier molecular flexibility index (Phi) is 4.28. The van der Waals surface area contributed by atoms with Crippen molar-refractivity contribution in [1.29, 1.82) is 0 Å². The van der Waals surface area contributed by atoms with Crippen LogP contribution in [0, 0.1) is 0 Å². The minimum Gasteiger partial charge on any atom is -0.378 e. The predicted molar refractivity (Wildman–Crippen MR) is 70.5 cm³/mol. The number of aliphatic hydroxyl groups is 3. The van der Waals surface area contributed by atoms with Gasteiger partial charge in [-0.05, 0) is 38.4 Å². The largest absolute Gasteiger partial charge is 0.378 e. The SMILES string of the molecule is CC(=O)C1(O)C=C(C(=O)Cl)CC(O)(C(C)=O)C1(O)C(C)=O. The van der Waals surface area contributed by atoms with Crippen molar-refractivity contribution in [3.63, 3.8) is 0 Å². The third kappa shape index (κ3) is 2.17. The smallest absolute Gasteiger partial charge is 0.248 e. The Labute approximate surface area is 125 Å². The molecule has 0 saturated carbocycles. The van der Waals surface area contributed by atoms with Gasteiger partial charge in [-0.1, -0.05) is 0 Å². The minimum absolute atomic E-state index is 0.446. The van der Waals surface area contributed by atoms with Crippen LogP contribution < -0.4 is 0 Å². The van der Waals surface area contributed by atoms with E-state index in [4.69, 9.17) is 11.6 Å². The molecule has 21 heavy (non-hydrogen) atoms. The van der Waals surface area contributed by atoms with Crippen LogP contribution in [0.3, 0.4) is 0 Å². The van der Waals surface area contributed by atoms with E-state index in [1.54, 1.807) is 0 Å². The maximum absolute atomic E-state index is 11.8. The first kappa shape index (κ1) is 17.6. The zero-order valence-electron chi connectivity index (χ0n) is 11.6. The zero-order chi connectivity index (χ0) is 16.8. The lowest BCUT2D eigenvalue weighted by atomic mass is 9.59. The van der Waals surface area contributed by atoms with Crippen molar-refractivity contribution < 1.29 is 34.5 Å². The summed E-state index contributed by atoms with van der Waals surface area (Å²) in [7, 11) is 0. The molecular formula is C13H15ClO7. The molecule has 7 nitrogen and oxygen atoms in total. The molecule has 0 aliphatic heterocycles. The second-order valence-electron chi connectivity index (χ2n) is 5.13. The van der Waals surface area contributed by atoms with Crippen LogP contribution in [0.4, 0.5) is 0 Å². The number of carbonyl (C=O) groups is 4. The topological polar surface area (TPSA) is 129 Å². The van der Waals surface area contributed by atoms with Gasteiger partial charge >= 0.3 is 0 Å². The number of rotatable bonds is 4. The van der Waals surface area contributed by atoms with Gasteiger partial charge in [0.05, 0.1) is 0 Å². The Morgan fingerprint density at radius 2 is 1.48 bits per heavy atom. The van der Waals surface area contributed by atoms with Crippen molar-refractivity contribution in [1.82, 2.24) is 0 Å². The molecule has 1 rings (SSSR count). The van der Waals surface area contributed by atoms with Gasteiger partial charge in [0, 0.05) is 12.0 Å².